The van der Waals surface area contributed by atoms with Crippen LogP contribution in [0.1, 0.15) is 75.3 Å². The molecule has 2 heterocycles. The van der Waals surface area contributed by atoms with Gasteiger partial charge in [0.25, 0.3) is 0 Å². The summed E-state index contributed by atoms with van der Waals surface area (Å²) in [5, 5.41) is 0. The third-order valence-electron chi connectivity index (χ3n) is 6.06. The maximum absolute atomic E-state index is 13.2. The van der Waals surface area contributed by atoms with Crippen molar-refractivity contribution in [1.82, 2.24) is 9.55 Å². The van der Waals surface area contributed by atoms with Crippen LogP contribution in [0.15, 0.2) is 39.4 Å². The topological polar surface area (TPSA) is 69.0 Å². The van der Waals surface area contributed by atoms with E-state index in [1.165, 1.54) is 45.1 Å². The van der Waals surface area contributed by atoms with E-state index in [4.69, 9.17) is 4.98 Å². The van der Waals surface area contributed by atoms with E-state index in [0.29, 0.717) is 16.3 Å². The van der Waals surface area contributed by atoms with Crippen LogP contribution in [-0.4, -0.2) is 23.8 Å². The monoisotopic (exact) mass is 458 g/mol. The fourth-order valence-corrected chi connectivity index (χ4v) is 7.05. The zero-order valence-electron chi connectivity index (χ0n) is 18.6. The van der Waals surface area contributed by atoms with Crippen LogP contribution in [0, 0.1) is 5.92 Å². The van der Waals surface area contributed by atoms with E-state index < -0.39 is 9.84 Å². The van der Waals surface area contributed by atoms with Crippen LogP contribution in [0.25, 0.3) is 11.0 Å². The summed E-state index contributed by atoms with van der Waals surface area (Å²) in [6, 6.07) is 8.35. The molecule has 0 unspecified atom stereocenters. The number of aromatic nitrogens is 2. The number of hydrogen-bond donors (Lipinski definition) is 0. The number of carbonyl (C=O) groups excluding carboxylic acids is 1. The van der Waals surface area contributed by atoms with Gasteiger partial charge in [-0.15, -0.1) is 11.3 Å². The third kappa shape index (κ3) is 4.35. The molecule has 31 heavy (non-hydrogen) atoms. The molecule has 7 heteroatoms. The number of carbonyl (C=O) groups is 1. The summed E-state index contributed by atoms with van der Waals surface area (Å²) in [7, 11) is -3.69. The number of imidazole rings is 1. The Kier molecular flexibility index (Phi) is 5.85. The minimum Gasteiger partial charge on any atom is -0.327 e. The van der Waals surface area contributed by atoms with Crippen LogP contribution in [0.4, 0.5) is 0 Å². The summed E-state index contributed by atoms with van der Waals surface area (Å²) in [4.78, 5) is 17.2. The van der Waals surface area contributed by atoms with Gasteiger partial charge in [0.15, 0.2) is 5.78 Å². The molecule has 1 aliphatic carbocycles. The molecule has 1 aliphatic rings. The van der Waals surface area contributed by atoms with Gasteiger partial charge in [-0.2, -0.15) is 0 Å². The number of nitrogens with zero attached hydrogens (tertiary/aromatic N) is 2. The standard InChI is InChI=1S/C24H30N2O3S2/c1-16(27)21-12-13-22(30-21)31(28,29)18-10-11-20-19(14-18)25-23(24(2,3)4)26(20)15-17-8-6-5-7-9-17/h10-14,17H,5-9,15H2,1-4H3. The molecule has 0 N–H and O–H groups in total. The largest absolute Gasteiger partial charge is 0.327 e. The van der Waals surface area contributed by atoms with Gasteiger partial charge in [0, 0.05) is 12.0 Å². The van der Waals surface area contributed by atoms with Crippen molar-refractivity contribution < 1.29 is 13.2 Å². The normalized spacial score (nSPS) is 16.1. The highest BCUT2D eigenvalue weighted by molar-refractivity contribution is 7.93. The lowest BCUT2D eigenvalue weighted by Crippen LogP contribution is -2.22. The van der Waals surface area contributed by atoms with Crippen molar-refractivity contribution in [3.8, 4) is 0 Å². The summed E-state index contributed by atoms with van der Waals surface area (Å²) in [5.41, 5.74) is 1.56. The molecule has 3 aromatic rings. The number of Topliss-reactive ketones (excluding diaryl/α,β-unsaturated/α-hetero) is 1. The first-order valence-corrected chi connectivity index (χ1v) is 13.2. The molecule has 1 saturated carbocycles. The molecule has 0 radical (unpaired) electrons. The number of rotatable bonds is 5. The fourth-order valence-electron chi connectivity index (χ4n) is 4.43. The Balaban J connectivity index is 1.77. The van der Waals surface area contributed by atoms with Crippen LogP contribution in [0.3, 0.4) is 0 Å². The highest BCUT2D eigenvalue weighted by Crippen LogP contribution is 2.34. The molecule has 2 aromatic heterocycles. The molecule has 1 aromatic carbocycles. The fraction of sp³-hybridized carbons (Fsp3) is 0.500. The van der Waals surface area contributed by atoms with Crippen LogP contribution in [-0.2, 0) is 21.8 Å². The summed E-state index contributed by atoms with van der Waals surface area (Å²) >= 11 is 1.02. The van der Waals surface area contributed by atoms with Crippen molar-refractivity contribution in [2.75, 3.05) is 0 Å². The second-order valence-electron chi connectivity index (χ2n) is 9.63. The molecule has 0 atom stereocenters. The Morgan fingerprint density at radius 3 is 2.45 bits per heavy atom. The molecular formula is C24H30N2O3S2. The number of hydrogen-bond acceptors (Lipinski definition) is 5. The maximum atomic E-state index is 13.2. The van der Waals surface area contributed by atoms with Crippen molar-refractivity contribution in [3.05, 3.63) is 41.0 Å². The molecule has 0 spiro atoms. The van der Waals surface area contributed by atoms with Crippen LogP contribution in [0.2, 0.25) is 0 Å². The van der Waals surface area contributed by atoms with Gasteiger partial charge in [-0.1, -0.05) is 40.0 Å². The van der Waals surface area contributed by atoms with E-state index in [-0.39, 0.29) is 20.3 Å². The number of thiophene rings is 1. The summed E-state index contributed by atoms with van der Waals surface area (Å²) in [6.07, 6.45) is 6.38. The number of sulfone groups is 1. The SMILES string of the molecule is CC(=O)c1ccc(S(=O)(=O)c2ccc3c(c2)nc(C(C)(C)C)n3CC2CCCCC2)s1. The van der Waals surface area contributed by atoms with Gasteiger partial charge >= 0.3 is 0 Å². The van der Waals surface area contributed by atoms with Crippen molar-refractivity contribution in [1.29, 1.82) is 0 Å². The smallest absolute Gasteiger partial charge is 0.216 e. The average molecular weight is 459 g/mol. The molecule has 0 aliphatic heterocycles. The molecule has 0 amide bonds. The Morgan fingerprint density at radius 1 is 1.13 bits per heavy atom. The van der Waals surface area contributed by atoms with E-state index in [1.54, 1.807) is 18.2 Å². The van der Waals surface area contributed by atoms with Crippen LogP contribution in [0.5, 0.6) is 0 Å². The van der Waals surface area contributed by atoms with Gasteiger partial charge in [0.05, 0.1) is 20.8 Å². The second-order valence-corrected chi connectivity index (χ2v) is 12.9. The van der Waals surface area contributed by atoms with E-state index >= 15 is 0 Å². The van der Waals surface area contributed by atoms with Gasteiger partial charge in [0.2, 0.25) is 9.84 Å². The van der Waals surface area contributed by atoms with Gasteiger partial charge in [-0.25, -0.2) is 13.4 Å². The minimum absolute atomic E-state index is 0.127. The molecule has 0 bridgehead atoms. The molecule has 1 fully saturated rings. The first kappa shape index (κ1) is 22.2. The summed E-state index contributed by atoms with van der Waals surface area (Å²) in [6.45, 7) is 8.83. The molecule has 4 rings (SSSR count). The van der Waals surface area contributed by atoms with Crippen molar-refractivity contribution >= 4 is 38.0 Å². The van der Waals surface area contributed by atoms with E-state index in [1.807, 2.05) is 6.07 Å². The van der Waals surface area contributed by atoms with E-state index in [9.17, 15) is 13.2 Å². The molecule has 0 saturated heterocycles. The average Bonchev–Trinajstić information content (AvgIpc) is 3.34. The second kappa shape index (κ2) is 8.17. The Hall–Kier alpha value is -1.99. The van der Waals surface area contributed by atoms with Crippen molar-refractivity contribution in [3.63, 3.8) is 0 Å². The predicted octanol–water partition coefficient (Wildman–Crippen LogP) is 6.01. The Morgan fingerprint density at radius 2 is 1.84 bits per heavy atom. The minimum atomic E-state index is -3.69. The lowest BCUT2D eigenvalue weighted by molar-refractivity contribution is 0.102. The van der Waals surface area contributed by atoms with E-state index in [2.05, 4.69) is 25.3 Å². The molecule has 166 valence electrons. The number of benzene rings is 1. The Labute approximate surface area is 188 Å². The van der Waals surface area contributed by atoms with Gasteiger partial charge in [-0.3, -0.25) is 4.79 Å². The van der Waals surface area contributed by atoms with Crippen molar-refractivity contribution in [2.45, 2.75) is 80.9 Å². The summed E-state index contributed by atoms with van der Waals surface area (Å²) in [5.74, 6) is 1.52. The lowest BCUT2D eigenvalue weighted by atomic mass is 9.88. The Bertz CT molecular complexity index is 1220. The number of fused-ring (bicyclic) bond motifs is 1. The number of ketones is 1. The van der Waals surface area contributed by atoms with E-state index in [0.717, 1.165) is 29.2 Å². The quantitative estimate of drug-likeness (QED) is 0.439. The first-order valence-electron chi connectivity index (χ1n) is 10.9. The third-order valence-corrected chi connectivity index (χ3v) is 9.49. The maximum Gasteiger partial charge on any atom is 0.216 e. The summed E-state index contributed by atoms with van der Waals surface area (Å²) < 4.78 is 28.9. The van der Waals surface area contributed by atoms with Crippen LogP contribution < -0.4 is 0 Å². The first-order chi connectivity index (χ1) is 14.6. The highest BCUT2D eigenvalue weighted by Gasteiger charge is 2.27. The highest BCUT2D eigenvalue weighted by atomic mass is 32.2. The predicted molar refractivity (Wildman–Crippen MR) is 125 cm³/mol. The molecule has 5 nitrogen and oxygen atoms in total. The zero-order chi connectivity index (χ0) is 22.4. The lowest BCUT2D eigenvalue weighted by Gasteiger charge is -2.26. The zero-order valence-corrected chi connectivity index (χ0v) is 20.3. The van der Waals surface area contributed by atoms with Crippen molar-refractivity contribution in [2.24, 2.45) is 5.92 Å². The molecular weight excluding hydrogens is 428 g/mol. The van der Waals surface area contributed by atoms with Crippen LogP contribution >= 0.6 is 11.3 Å². The van der Waals surface area contributed by atoms with Gasteiger partial charge in [-0.05, 0) is 56.0 Å². The van der Waals surface area contributed by atoms with Gasteiger partial charge in [0.1, 0.15) is 10.0 Å². The van der Waals surface area contributed by atoms with Gasteiger partial charge < -0.3 is 4.57 Å².